The summed E-state index contributed by atoms with van der Waals surface area (Å²) in [4.78, 5) is 15.3. The first kappa shape index (κ1) is 21.0. The van der Waals surface area contributed by atoms with Gasteiger partial charge in [0.15, 0.2) is 0 Å². The molecule has 1 saturated heterocycles. The topological polar surface area (TPSA) is 84.3 Å². The van der Waals surface area contributed by atoms with Crippen molar-refractivity contribution in [2.45, 2.75) is 30.8 Å². The van der Waals surface area contributed by atoms with E-state index >= 15 is 0 Å². The number of halogens is 1. The molecular weight excluding hydrogens is 424 g/mol. The predicted octanol–water partition coefficient (Wildman–Crippen LogP) is 2.62. The van der Waals surface area contributed by atoms with Crippen LogP contribution in [0.15, 0.2) is 58.2 Å². The van der Waals surface area contributed by atoms with Gasteiger partial charge in [-0.25, -0.2) is 17.8 Å². The van der Waals surface area contributed by atoms with Gasteiger partial charge in [0.05, 0.1) is 29.1 Å². The Balaban J connectivity index is 1.62. The van der Waals surface area contributed by atoms with E-state index in [1.165, 1.54) is 29.7 Å². The van der Waals surface area contributed by atoms with E-state index in [1.807, 2.05) is 6.07 Å². The molecule has 158 valence electrons. The molecule has 1 aromatic heterocycles. The predicted molar refractivity (Wildman–Crippen MR) is 117 cm³/mol. The van der Waals surface area contributed by atoms with Crippen molar-refractivity contribution in [2.75, 3.05) is 19.6 Å². The van der Waals surface area contributed by atoms with E-state index in [0.717, 1.165) is 19.6 Å². The third kappa shape index (κ3) is 4.57. The normalized spacial score (nSPS) is 15.1. The highest BCUT2D eigenvalue weighted by Crippen LogP contribution is 2.17. The van der Waals surface area contributed by atoms with Crippen LogP contribution in [0, 0.1) is 0 Å². The molecule has 0 atom stereocenters. The van der Waals surface area contributed by atoms with E-state index in [1.54, 1.807) is 30.3 Å². The molecule has 0 saturated carbocycles. The van der Waals surface area contributed by atoms with Gasteiger partial charge in [0.1, 0.15) is 0 Å². The number of benzene rings is 2. The van der Waals surface area contributed by atoms with Gasteiger partial charge in [0, 0.05) is 17.0 Å². The number of aromatic nitrogens is 2. The van der Waals surface area contributed by atoms with Crippen LogP contribution in [-0.4, -0.2) is 42.7 Å². The summed E-state index contributed by atoms with van der Waals surface area (Å²) in [5.74, 6) is 0. The number of hydrogen-bond acceptors (Lipinski definition) is 5. The maximum absolute atomic E-state index is 12.9. The number of nitrogens with zero attached hydrogens (tertiary/aromatic N) is 3. The molecule has 2 heterocycles. The van der Waals surface area contributed by atoms with Crippen LogP contribution in [0.5, 0.6) is 0 Å². The second-order valence-corrected chi connectivity index (χ2v) is 9.55. The third-order valence-electron chi connectivity index (χ3n) is 5.31. The highest BCUT2D eigenvalue weighted by Gasteiger charge is 2.18. The van der Waals surface area contributed by atoms with E-state index in [4.69, 9.17) is 11.6 Å². The standard InChI is InChI=1S/C21H23ClN4O3S/c22-16-6-5-7-17(14-16)30(28,29)23-15-20-18-8-1-2-9-19(18)21(27)26(24-20)13-12-25-10-3-4-11-25/h1-2,5-9,14,23H,3-4,10-13,15H2. The zero-order chi connectivity index (χ0) is 21.1. The molecule has 7 nitrogen and oxygen atoms in total. The summed E-state index contributed by atoms with van der Waals surface area (Å²) in [5, 5.41) is 6.02. The van der Waals surface area contributed by atoms with Gasteiger partial charge in [0.25, 0.3) is 5.56 Å². The number of rotatable bonds is 7. The summed E-state index contributed by atoms with van der Waals surface area (Å²) in [7, 11) is -3.77. The van der Waals surface area contributed by atoms with Crippen molar-refractivity contribution in [1.82, 2.24) is 19.4 Å². The second-order valence-electron chi connectivity index (χ2n) is 7.35. The quantitative estimate of drug-likeness (QED) is 0.603. The van der Waals surface area contributed by atoms with Gasteiger partial charge in [-0.15, -0.1) is 0 Å². The van der Waals surface area contributed by atoms with E-state index in [9.17, 15) is 13.2 Å². The lowest BCUT2D eigenvalue weighted by atomic mass is 10.1. The Kier molecular flexibility index (Phi) is 6.19. The van der Waals surface area contributed by atoms with Gasteiger partial charge in [0.2, 0.25) is 10.0 Å². The van der Waals surface area contributed by atoms with Crippen LogP contribution in [0.25, 0.3) is 10.8 Å². The molecule has 0 bridgehead atoms. The van der Waals surface area contributed by atoms with Crippen molar-refractivity contribution in [3.63, 3.8) is 0 Å². The molecule has 1 N–H and O–H groups in total. The molecule has 3 aromatic rings. The first-order chi connectivity index (χ1) is 14.4. The molecule has 0 radical (unpaired) electrons. The Bertz CT molecular complexity index is 1220. The number of hydrogen-bond donors (Lipinski definition) is 1. The molecule has 2 aromatic carbocycles. The number of fused-ring (bicyclic) bond motifs is 1. The summed E-state index contributed by atoms with van der Waals surface area (Å²) < 4.78 is 29.4. The number of sulfonamides is 1. The average Bonchev–Trinajstić information content (AvgIpc) is 3.26. The molecule has 0 unspecified atom stereocenters. The van der Waals surface area contributed by atoms with Crippen molar-refractivity contribution in [3.8, 4) is 0 Å². The van der Waals surface area contributed by atoms with Crippen molar-refractivity contribution >= 4 is 32.4 Å². The summed E-state index contributed by atoms with van der Waals surface area (Å²) in [5.41, 5.74) is 0.350. The van der Waals surface area contributed by atoms with E-state index in [2.05, 4.69) is 14.7 Å². The smallest absolute Gasteiger partial charge is 0.274 e. The molecule has 4 rings (SSSR count). The lowest BCUT2D eigenvalue weighted by Crippen LogP contribution is -2.32. The third-order valence-corrected chi connectivity index (χ3v) is 6.94. The van der Waals surface area contributed by atoms with E-state index in [-0.39, 0.29) is 17.0 Å². The average molecular weight is 447 g/mol. The van der Waals surface area contributed by atoms with Crippen LogP contribution in [0.4, 0.5) is 0 Å². The molecule has 0 aliphatic carbocycles. The summed E-state index contributed by atoms with van der Waals surface area (Å²) >= 11 is 5.93. The van der Waals surface area contributed by atoms with Crippen molar-refractivity contribution in [1.29, 1.82) is 0 Å². The largest absolute Gasteiger partial charge is 0.301 e. The molecule has 1 fully saturated rings. The lowest BCUT2D eigenvalue weighted by molar-refractivity contribution is 0.312. The van der Waals surface area contributed by atoms with Crippen molar-refractivity contribution in [3.05, 3.63) is 69.6 Å². The van der Waals surface area contributed by atoms with Crippen LogP contribution < -0.4 is 10.3 Å². The fourth-order valence-corrected chi connectivity index (χ4v) is 5.00. The minimum absolute atomic E-state index is 0.0284. The number of likely N-dealkylation sites (tertiary alicyclic amines) is 1. The fourth-order valence-electron chi connectivity index (χ4n) is 3.71. The summed E-state index contributed by atoms with van der Waals surface area (Å²) in [6.45, 7) is 3.26. The zero-order valence-corrected chi connectivity index (χ0v) is 18.0. The van der Waals surface area contributed by atoms with Gasteiger partial charge in [-0.1, -0.05) is 35.9 Å². The molecule has 9 heteroatoms. The summed E-state index contributed by atoms with van der Waals surface area (Å²) in [6.07, 6.45) is 2.35. The van der Waals surface area contributed by atoms with E-state index < -0.39 is 10.0 Å². The second kappa shape index (κ2) is 8.85. The minimum Gasteiger partial charge on any atom is -0.301 e. The van der Waals surface area contributed by atoms with Crippen LogP contribution in [0.1, 0.15) is 18.5 Å². The molecule has 1 aliphatic rings. The Labute approximate surface area is 180 Å². The van der Waals surface area contributed by atoms with Gasteiger partial charge in [-0.3, -0.25) is 4.79 Å². The molecule has 1 aliphatic heterocycles. The van der Waals surface area contributed by atoms with Crippen LogP contribution in [0.3, 0.4) is 0 Å². The Morgan fingerprint density at radius 2 is 1.73 bits per heavy atom. The van der Waals surface area contributed by atoms with E-state index in [0.29, 0.717) is 28.0 Å². The maximum Gasteiger partial charge on any atom is 0.274 e. The van der Waals surface area contributed by atoms with Crippen LogP contribution >= 0.6 is 11.6 Å². The Hall–Kier alpha value is -2.26. The Morgan fingerprint density at radius 3 is 2.47 bits per heavy atom. The van der Waals surface area contributed by atoms with Gasteiger partial charge < -0.3 is 4.90 Å². The maximum atomic E-state index is 12.9. The van der Waals surface area contributed by atoms with Gasteiger partial charge >= 0.3 is 0 Å². The Morgan fingerprint density at radius 1 is 1.00 bits per heavy atom. The molecular formula is C21H23ClN4O3S. The number of nitrogens with one attached hydrogen (secondary N) is 1. The van der Waals surface area contributed by atoms with Crippen molar-refractivity contribution in [2.24, 2.45) is 0 Å². The fraction of sp³-hybridized carbons (Fsp3) is 0.333. The van der Waals surface area contributed by atoms with Crippen LogP contribution in [0.2, 0.25) is 5.02 Å². The van der Waals surface area contributed by atoms with Gasteiger partial charge in [-0.2, -0.15) is 5.10 Å². The first-order valence-corrected chi connectivity index (χ1v) is 11.8. The first-order valence-electron chi connectivity index (χ1n) is 9.90. The monoisotopic (exact) mass is 446 g/mol. The highest BCUT2D eigenvalue weighted by molar-refractivity contribution is 7.89. The molecule has 30 heavy (non-hydrogen) atoms. The van der Waals surface area contributed by atoms with Gasteiger partial charge in [-0.05, 0) is 50.2 Å². The molecule has 0 spiro atoms. The molecule has 0 amide bonds. The van der Waals surface area contributed by atoms with Crippen LogP contribution in [-0.2, 0) is 23.1 Å². The zero-order valence-electron chi connectivity index (χ0n) is 16.4. The lowest BCUT2D eigenvalue weighted by Gasteiger charge is -2.16. The highest BCUT2D eigenvalue weighted by atomic mass is 35.5. The SMILES string of the molecule is O=c1c2ccccc2c(CNS(=O)(=O)c2cccc(Cl)c2)nn1CCN1CCCC1. The van der Waals surface area contributed by atoms with Crippen molar-refractivity contribution < 1.29 is 8.42 Å². The summed E-state index contributed by atoms with van der Waals surface area (Å²) in [6, 6.07) is 13.2. The minimum atomic E-state index is -3.77.